The Bertz CT molecular complexity index is 2720. The molecule has 3 aromatic carbocycles. The predicted molar refractivity (Wildman–Crippen MR) is 264 cm³/mol. The van der Waals surface area contributed by atoms with E-state index in [4.69, 9.17) is 28.9 Å². The van der Waals surface area contributed by atoms with Gasteiger partial charge >= 0.3 is 12.2 Å². The highest BCUT2D eigenvalue weighted by Crippen LogP contribution is 2.49. The van der Waals surface area contributed by atoms with E-state index in [1.54, 1.807) is 0 Å². The number of rotatable bonds is 10. The van der Waals surface area contributed by atoms with Gasteiger partial charge in [0, 0.05) is 30.0 Å². The maximum Gasteiger partial charge on any atom is 0.407 e. The van der Waals surface area contributed by atoms with Crippen LogP contribution < -0.4 is 10.6 Å². The van der Waals surface area contributed by atoms with Gasteiger partial charge in [0.05, 0.1) is 68.0 Å². The quantitative estimate of drug-likeness (QED) is 0.105. The van der Waals surface area contributed by atoms with Crippen LogP contribution in [0.1, 0.15) is 116 Å². The Morgan fingerprint density at radius 3 is 2.27 bits per heavy atom. The van der Waals surface area contributed by atoms with Gasteiger partial charge in [0.1, 0.15) is 23.7 Å². The molecule has 0 radical (unpaired) electrons. The van der Waals surface area contributed by atoms with Crippen LogP contribution in [0.4, 0.5) is 9.59 Å². The number of carbonyl (C=O) groups is 4. The van der Waals surface area contributed by atoms with Gasteiger partial charge in [0.25, 0.3) is 0 Å². The molecule has 16 heteroatoms. The van der Waals surface area contributed by atoms with Gasteiger partial charge in [-0.25, -0.2) is 19.6 Å². The largest absolute Gasteiger partial charge is 0.453 e. The summed E-state index contributed by atoms with van der Waals surface area (Å²) in [5.41, 5.74) is 5.53. The SMILES string of the molecule is COC(=O)N[C@H](C(=O)N1[C@H](c2nc3ccc4cc(-c5ccc(-c6cnc([C@@H]7C[C@@]8(CCCOC8)CN7C(=O)[C@@H](NC(=O)OC)C7C[C@H](C)O[C@@H](C)C7)[nH]6)cc5)ccc4c3[nH]2)C[C@@H]2CCCC[C@@H]21)C(C)C. The number of likely N-dealkylation sites (tertiary alicyclic amines) is 2. The minimum absolute atomic E-state index is 0.0409. The number of aromatic amines is 2. The van der Waals surface area contributed by atoms with Crippen LogP contribution in [0.5, 0.6) is 0 Å². The molecule has 1 aliphatic carbocycles. The first-order chi connectivity index (χ1) is 33.8. The lowest BCUT2D eigenvalue weighted by Gasteiger charge is -2.38. The van der Waals surface area contributed by atoms with E-state index in [0.717, 1.165) is 95.0 Å². The Kier molecular flexibility index (Phi) is 13.4. The fraction of sp³-hybridized carbons (Fsp3) is 0.556. The molecule has 5 fully saturated rings. The molecule has 5 aliphatic rings. The van der Waals surface area contributed by atoms with Gasteiger partial charge in [-0.05, 0) is 117 Å². The molecule has 1 saturated carbocycles. The Morgan fingerprint density at radius 2 is 1.54 bits per heavy atom. The summed E-state index contributed by atoms with van der Waals surface area (Å²) in [6.45, 7) is 9.73. The number of hydrogen-bond acceptors (Lipinski definition) is 10. The van der Waals surface area contributed by atoms with Gasteiger partial charge in [0.2, 0.25) is 11.8 Å². The van der Waals surface area contributed by atoms with E-state index in [-0.39, 0.29) is 59.4 Å². The molecule has 70 heavy (non-hydrogen) atoms. The second-order valence-corrected chi connectivity index (χ2v) is 21.2. The lowest BCUT2D eigenvalue weighted by atomic mass is 9.80. The number of amides is 4. The third kappa shape index (κ3) is 9.24. The van der Waals surface area contributed by atoms with Crippen LogP contribution in [-0.4, -0.2) is 118 Å². The minimum atomic E-state index is -0.769. The number of imidazole rings is 2. The zero-order valence-corrected chi connectivity index (χ0v) is 41.3. The molecule has 0 bridgehead atoms. The van der Waals surface area contributed by atoms with Gasteiger partial charge in [-0.1, -0.05) is 69.2 Å². The van der Waals surface area contributed by atoms with Crippen molar-refractivity contribution >= 4 is 45.8 Å². The molecular weight excluding hydrogens is 889 g/mol. The molecule has 4 saturated heterocycles. The first kappa shape index (κ1) is 47.7. The molecule has 0 unspecified atom stereocenters. The molecule has 2 aromatic heterocycles. The van der Waals surface area contributed by atoms with Crippen molar-refractivity contribution in [3.8, 4) is 22.4 Å². The number of hydrogen-bond donors (Lipinski definition) is 4. The van der Waals surface area contributed by atoms with Crippen molar-refractivity contribution in [3.05, 3.63) is 72.4 Å². The third-order valence-corrected chi connectivity index (χ3v) is 16.1. The van der Waals surface area contributed by atoms with Crippen molar-refractivity contribution in [2.45, 2.75) is 134 Å². The summed E-state index contributed by atoms with van der Waals surface area (Å²) in [5.74, 6) is 1.42. The van der Waals surface area contributed by atoms with E-state index in [2.05, 4.69) is 69.1 Å². The average molecular weight is 957 g/mol. The Hall–Kier alpha value is -6.00. The molecule has 1 spiro atoms. The van der Waals surface area contributed by atoms with Crippen molar-refractivity contribution < 1.29 is 38.1 Å². The molecular formula is C54H68N8O8. The Morgan fingerprint density at radius 1 is 0.814 bits per heavy atom. The molecule has 16 nitrogen and oxygen atoms in total. The molecule has 9 atom stereocenters. The number of benzene rings is 3. The molecule has 5 aromatic rings. The van der Waals surface area contributed by atoms with Crippen molar-refractivity contribution in [1.29, 1.82) is 0 Å². The summed E-state index contributed by atoms with van der Waals surface area (Å²) in [6, 6.07) is 17.1. The second kappa shape index (κ2) is 19.7. The number of nitrogens with one attached hydrogen (secondary N) is 4. The molecule has 4 aliphatic heterocycles. The summed E-state index contributed by atoms with van der Waals surface area (Å²) in [5, 5.41) is 7.86. The number of alkyl carbamates (subject to hydrolysis) is 2. The highest BCUT2D eigenvalue weighted by Gasteiger charge is 2.52. The predicted octanol–water partition coefficient (Wildman–Crippen LogP) is 8.98. The van der Waals surface area contributed by atoms with Crippen molar-refractivity contribution in [2.75, 3.05) is 34.0 Å². The van der Waals surface area contributed by atoms with Gasteiger partial charge in [-0.3, -0.25) is 9.59 Å². The maximum absolute atomic E-state index is 14.8. The number of H-pyrrole nitrogens is 2. The molecule has 372 valence electrons. The first-order valence-electron chi connectivity index (χ1n) is 25.4. The second-order valence-electron chi connectivity index (χ2n) is 21.2. The molecule has 6 heterocycles. The van der Waals surface area contributed by atoms with E-state index in [1.165, 1.54) is 14.2 Å². The highest BCUT2D eigenvalue weighted by molar-refractivity contribution is 6.05. The van der Waals surface area contributed by atoms with E-state index in [9.17, 15) is 19.2 Å². The van der Waals surface area contributed by atoms with Crippen LogP contribution in [0.25, 0.3) is 44.2 Å². The highest BCUT2D eigenvalue weighted by atomic mass is 16.5. The minimum Gasteiger partial charge on any atom is -0.453 e. The normalized spacial score (nSPS) is 27.7. The fourth-order valence-electron chi connectivity index (χ4n) is 12.7. The zero-order valence-electron chi connectivity index (χ0n) is 41.3. The van der Waals surface area contributed by atoms with E-state index in [0.29, 0.717) is 50.8 Å². The van der Waals surface area contributed by atoms with Crippen LogP contribution in [0.2, 0.25) is 0 Å². The van der Waals surface area contributed by atoms with Gasteiger partial charge < -0.3 is 49.3 Å². The number of aromatic nitrogens is 4. The van der Waals surface area contributed by atoms with Crippen molar-refractivity contribution in [2.24, 2.45) is 23.2 Å². The van der Waals surface area contributed by atoms with E-state index < -0.39 is 24.3 Å². The number of carbonyl (C=O) groups excluding carboxylic acids is 4. The monoisotopic (exact) mass is 957 g/mol. The van der Waals surface area contributed by atoms with Gasteiger partial charge in [0.15, 0.2) is 0 Å². The fourth-order valence-corrected chi connectivity index (χ4v) is 12.7. The first-order valence-corrected chi connectivity index (χ1v) is 25.4. The van der Waals surface area contributed by atoms with E-state index in [1.807, 2.05) is 49.8 Å². The van der Waals surface area contributed by atoms with Crippen LogP contribution in [-0.2, 0) is 28.5 Å². The van der Waals surface area contributed by atoms with Gasteiger partial charge in [-0.2, -0.15) is 0 Å². The standard InChI is InChI=1S/C54H68N8O8/c1-30(2)45(59-52(65)67-5)51(64)62-42-11-8-7-10-37(42)25-43(62)49-56-40-19-17-36-24-35(16-18-39(36)47(40)58-49)33-12-14-34(15-13-33)41-27-55-48(57-41)44-26-54(20-9-21-69-29-54)28-61(44)50(63)46(60-53(66)68-6)38-22-31(3)70-32(4)23-38/h12-19,24,27,30-32,37-38,42-46H,7-11,20-23,25-26,28-29H2,1-6H3,(H,55,57)(H,56,58)(H,59,65)(H,60,66)/t31-,32-,37-,42-,43-,44-,45-,46-,54-/m0/s1. The van der Waals surface area contributed by atoms with Crippen LogP contribution in [0.3, 0.4) is 0 Å². The molecule has 10 rings (SSSR count). The molecule has 4 amide bonds. The summed E-state index contributed by atoms with van der Waals surface area (Å²) < 4.78 is 22.0. The Labute approximate surface area is 409 Å². The van der Waals surface area contributed by atoms with E-state index >= 15 is 0 Å². The molecule has 4 N–H and O–H groups in total. The average Bonchev–Trinajstić information content (AvgIpc) is 4.18. The zero-order chi connectivity index (χ0) is 48.8. The lowest BCUT2D eigenvalue weighted by molar-refractivity contribution is -0.139. The number of fused-ring (bicyclic) bond motifs is 4. The van der Waals surface area contributed by atoms with Crippen LogP contribution in [0.15, 0.2) is 60.8 Å². The number of ether oxygens (including phenoxy) is 4. The summed E-state index contributed by atoms with van der Waals surface area (Å²) >= 11 is 0. The van der Waals surface area contributed by atoms with Gasteiger partial charge in [-0.15, -0.1) is 0 Å². The summed E-state index contributed by atoms with van der Waals surface area (Å²) in [6.07, 6.45) is 9.49. The Balaban J connectivity index is 0.889. The number of nitrogens with zero attached hydrogens (tertiary/aromatic N) is 4. The maximum atomic E-state index is 14.8. The van der Waals surface area contributed by atoms with Crippen molar-refractivity contribution in [1.82, 2.24) is 40.4 Å². The van der Waals surface area contributed by atoms with Crippen molar-refractivity contribution in [3.63, 3.8) is 0 Å². The third-order valence-electron chi connectivity index (χ3n) is 16.1. The van der Waals surface area contributed by atoms with Crippen LogP contribution in [0, 0.1) is 23.2 Å². The van der Waals surface area contributed by atoms with Crippen LogP contribution >= 0.6 is 0 Å². The summed E-state index contributed by atoms with van der Waals surface area (Å²) in [7, 11) is 2.64. The lowest BCUT2D eigenvalue weighted by Crippen LogP contribution is -2.54. The number of methoxy groups -OCH3 is 2. The topological polar surface area (TPSA) is 193 Å². The smallest absolute Gasteiger partial charge is 0.407 e. The summed E-state index contributed by atoms with van der Waals surface area (Å²) in [4.78, 5) is 75.6.